The van der Waals surface area contributed by atoms with E-state index in [1.165, 1.54) is 0 Å². The molecule has 2 rings (SSSR count). The molecule has 3 N–H and O–H groups in total. The Morgan fingerprint density at radius 2 is 1.45 bits per heavy atom. The average Bonchev–Trinajstić information content (AvgIpc) is 2.26. The first-order valence-electron chi connectivity index (χ1n) is 4.81. The van der Waals surface area contributed by atoms with Gasteiger partial charge in [0.2, 0.25) is 0 Å². The first-order chi connectivity index (χ1) is 8.60. The second-order valence-corrected chi connectivity index (χ2v) is 6.55. The summed E-state index contributed by atoms with van der Waals surface area (Å²) in [6.07, 6.45) is 0. The van der Waals surface area contributed by atoms with Crippen molar-refractivity contribution in [1.29, 1.82) is 0 Å². The van der Waals surface area contributed by atoms with Crippen molar-refractivity contribution >= 4 is 54.1 Å². The summed E-state index contributed by atoms with van der Waals surface area (Å²) >= 11 is 0. The summed E-state index contributed by atoms with van der Waals surface area (Å²) < 4.78 is 62.3. The Morgan fingerprint density at radius 1 is 0.850 bits per heavy atom. The standard InChI is InChI=1S/C10H8O7S2.Mg.2H/c11-9-3-4-10(19(15,16)17)8-5-6(18(12,13)14)1-2-7(8)9;;;/h1-5,11H,(H,12,13,14)(H,15,16,17);;;/q;+2;2*-1. The SMILES string of the molecule is O=S(=O)(O)c1ccc2c(O)ccc(S(=O)(=O)O)c2c1.[H-].[H-].[Mg+2]. The molecular weight excluding hydrogens is 321 g/mol. The van der Waals surface area contributed by atoms with Gasteiger partial charge in [-0.1, -0.05) is 0 Å². The van der Waals surface area contributed by atoms with Gasteiger partial charge in [0.05, 0.1) is 4.90 Å². The monoisotopic (exact) mass is 330 g/mol. The molecule has 0 saturated heterocycles. The zero-order valence-corrected chi connectivity index (χ0v) is 12.9. The summed E-state index contributed by atoms with van der Waals surface area (Å²) in [4.78, 5) is -1.11. The van der Waals surface area contributed by atoms with E-state index < -0.39 is 30.0 Å². The van der Waals surface area contributed by atoms with Crippen LogP contribution in [-0.2, 0) is 20.2 Å². The number of fused-ring (bicyclic) bond motifs is 1. The molecule has 2 aromatic rings. The fraction of sp³-hybridized carbons (Fsp3) is 0. The molecule has 0 aromatic heterocycles. The third-order valence-corrected chi connectivity index (χ3v) is 4.26. The van der Waals surface area contributed by atoms with Gasteiger partial charge in [-0.2, -0.15) is 16.8 Å². The molecule has 0 aliphatic carbocycles. The van der Waals surface area contributed by atoms with Crippen LogP contribution in [-0.4, -0.2) is 54.1 Å². The minimum atomic E-state index is -4.60. The molecule has 0 bridgehead atoms. The van der Waals surface area contributed by atoms with Gasteiger partial charge in [0.15, 0.2) is 0 Å². The third kappa shape index (κ3) is 3.21. The molecule has 0 aliphatic rings. The first-order valence-corrected chi connectivity index (χ1v) is 7.69. The summed E-state index contributed by atoms with van der Waals surface area (Å²) in [6, 6.07) is 4.97. The average molecular weight is 331 g/mol. The minimum absolute atomic E-state index is 0. The van der Waals surface area contributed by atoms with Crippen LogP contribution in [0.25, 0.3) is 10.8 Å². The van der Waals surface area contributed by atoms with E-state index in [1.807, 2.05) is 0 Å². The van der Waals surface area contributed by atoms with E-state index in [1.54, 1.807) is 0 Å². The van der Waals surface area contributed by atoms with E-state index in [4.69, 9.17) is 9.11 Å². The molecule has 106 valence electrons. The van der Waals surface area contributed by atoms with E-state index in [9.17, 15) is 21.9 Å². The summed E-state index contributed by atoms with van der Waals surface area (Å²) in [6.45, 7) is 0. The Bertz CT molecular complexity index is 882. The van der Waals surface area contributed by atoms with E-state index in [-0.39, 0.29) is 42.4 Å². The van der Waals surface area contributed by atoms with Crippen LogP contribution in [0.5, 0.6) is 5.75 Å². The maximum atomic E-state index is 11.2. The van der Waals surface area contributed by atoms with Crippen molar-refractivity contribution in [2.45, 2.75) is 9.79 Å². The van der Waals surface area contributed by atoms with Crippen molar-refractivity contribution in [3.05, 3.63) is 30.3 Å². The van der Waals surface area contributed by atoms with E-state index in [2.05, 4.69) is 0 Å². The predicted molar refractivity (Wildman–Crippen MR) is 73.2 cm³/mol. The zero-order chi connectivity index (χ0) is 14.4. The van der Waals surface area contributed by atoms with Crippen molar-refractivity contribution < 1.29 is 33.9 Å². The summed E-state index contributed by atoms with van der Waals surface area (Å²) in [5.74, 6) is -0.288. The number of rotatable bonds is 2. The molecule has 10 heteroatoms. The van der Waals surface area contributed by atoms with Crippen LogP contribution >= 0.6 is 0 Å². The van der Waals surface area contributed by atoms with Gasteiger partial charge in [-0.15, -0.1) is 0 Å². The molecule has 0 spiro atoms. The Labute approximate surface area is 133 Å². The maximum Gasteiger partial charge on any atom is 2.00 e. The normalized spacial score (nSPS) is 12.1. The molecular formula is C10H10MgO7S2. The zero-order valence-electron chi connectivity index (χ0n) is 11.9. The number of hydrogen-bond donors (Lipinski definition) is 3. The van der Waals surface area contributed by atoms with Crippen molar-refractivity contribution in [3.8, 4) is 5.75 Å². The van der Waals surface area contributed by atoms with Gasteiger partial charge >= 0.3 is 23.1 Å². The minimum Gasteiger partial charge on any atom is -1.00 e. The van der Waals surface area contributed by atoms with Gasteiger partial charge < -0.3 is 7.96 Å². The number of phenols is 1. The van der Waals surface area contributed by atoms with E-state index in [0.717, 1.165) is 30.3 Å². The van der Waals surface area contributed by atoms with E-state index >= 15 is 0 Å². The second kappa shape index (κ2) is 5.46. The number of phenolic OH excluding ortho intramolecular Hbond substituents is 1. The topological polar surface area (TPSA) is 129 Å². The summed E-state index contributed by atoms with van der Waals surface area (Å²) in [7, 11) is -9.12. The van der Waals surface area contributed by atoms with Gasteiger partial charge in [-0.3, -0.25) is 9.11 Å². The number of benzene rings is 2. The molecule has 0 aliphatic heterocycles. The fourth-order valence-corrected chi connectivity index (χ4v) is 2.86. The third-order valence-electron chi connectivity index (χ3n) is 2.50. The van der Waals surface area contributed by atoms with Gasteiger partial charge in [-0.25, -0.2) is 0 Å². The quantitative estimate of drug-likeness (QED) is 0.550. The molecule has 0 radical (unpaired) electrons. The second-order valence-electron chi connectivity index (χ2n) is 3.74. The van der Waals surface area contributed by atoms with Crippen LogP contribution in [0.1, 0.15) is 2.85 Å². The molecule has 20 heavy (non-hydrogen) atoms. The molecule has 0 heterocycles. The van der Waals surface area contributed by atoms with Crippen LogP contribution in [0, 0.1) is 0 Å². The number of hydrogen-bond acceptors (Lipinski definition) is 5. The molecule has 0 saturated carbocycles. The predicted octanol–water partition coefficient (Wildman–Crippen LogP) is 0.883. The Morgan fingerprint density at radius 3 is 1.95 bits per heavy atom. The maximum absolute atomic E-state index is 11.2. The van der Waals surface area contributed by atoms with Crippen LogP contribution < -0.4 is 0 Å². The Hall–Kier alpha value is -0.914. The van der Waals surface area contributed by atoms with Gasteiger partial charge in [0.1, 0.15) is 10.6 Å². The smallest absolute Gasteiger partial charge is 1.00 e. The molecule has 2 aromatic carbocycles. The van der Waals surface area contributed by atoms with Crippen molar-refractivity contribution in [2.24, 2.45) is 0 Å². The fourth-order valence-electron chi connectivity index (χ4n) is 1.67. The van der Waals surface area contributed by atoms with Crippen LogP contribution in [0.15, 0.2) is 40.1 Å². The summed E-state index contributed by atoms with van der Waals surface area (Å²) in [5.41, 5.74) is 0. The van der Waals surface area contributed by atoms with Crippen LogP contribution in [0.2, 0.25) is 0 Å². The van der Waals surface area contributed by atoms with Crippen molar-refractivity contribution in [1.82, 2.24) is 0 Å². The van der Waals surface area contributed by atoms with Crippen LogP contribution in [0.4, 0.5) is 0 Å². The Kier molecular flexibility index (Phi) is 4.68. The van der Waals surface area contributed by atoms with Gasteiger partial charge in [0, 0.05) is 10.8 Å². The Balaban J connectivity index is 0. The van der Waals surface area contributed by atoms with E-state index in [0.29, 0.717) is 0 Å². The van der Waals surface area contributed by atoms with Crippen molar-refractivity contribution in [2.75, 3.05) is 0 Å². The van der Waals surface area contributed by atoms with Gasteiger partial charge in [-0.05, 0) is 30.3 Å². The molecule has 7 nitrogen and oxygen atoms in total. The molecule has 0 atom stereocenters. The summed E-state index contributed by atoms with van der Waals surface area (Å²) in [5, 5.41) is 9.39. The first kappa shape index (κ1) is 17.1. The van der Waals surface area contributed by atoms with Gasteiger partial charge in [0.25, 0.3) is 20.2 Å². The van der Waals surface area contributed by atoms with Crippen LogP contribution in [0.3, 0.4) is 0 Å². The molecule has 0 fully saturated rings. The largest absolute Gasteiger partial charge is 2.00 e. The molecule has 0 unspecified atom stereocenters. The number of aromatic hydroxyl groups is 1. The van der Waals surface area contributed by atoms with Crippen molar-refractivity contribution in [3.63, 3.8) is 0 Å². The molecule has 0 amide bonds.